The Bertz CT molecular complexity index is 677. The maximum Gasteiger partial charge on any atom is 0.257 e. The number of hydrogen-bond donors (Lipinski definition) is 3. The van der Waals surface area contributed by atoms with E-state index in [9.17, 15) is 23.1 Å². The highest BCUT2D eigenvalue weighted by atomic mass is 32.1. The maximum absolute atomic E-state index is 13.8. The third kappa shape index (κ3) is 4.01. The van der Waals surface area contributed by atoms with Gasteiger partial charge >= 0.3 is 0 Å². The van der Waals surface area contributed by atoms with E-state index in [-0.39, 0.29) is 40.0 Å². The van der Waals surface area contributed by atoms with Gasteiger partial charge in [-0.2, -0.15) is 0 Å². The molecule has 4 nitrogen and oxygen atoms in total. The number of hydrogen-bond acceptors (Lipinski definition) is 3. The fourth-order valence-electron chi connectivity index (χ4n) is 2.33. The van der Waals surface area contributed by atoms with Crippen LogP contribution in [0.4, 0.5) is 18.9 Å². The summed E-state index contributed by atoms with van der Waals surface area (Å²) in [5.74, 6) is -1.55. The number of carbonyl (C=O) groups is 1. The number of thiocarbonyl (C=S) groups is 1. The number of nitrogens with one attached hydrogen (secondary N) is 2. The molecule has 1 aliphatic rings. The first-order valence-electron chi connectivity index (χ1n) is 6.89. The monoisotopic (exact) mass is 344 g/mol. The largest absolute Gasteiger partial charge is 0.511 e. The first kappa shape index (κ1) is 17.3. The summed E-state index contributed by atoms with van der Waals surface area (Å²) in [6.45, 7) is 1.72. The van der Waals surface area contributed by atoms with Crippen LogP contribution in [0, 0.1) is 5.82 Å². The van der Waals surface area contributed by atoms with Crippen molar-refractivity contribution in [1.29, 1.82) is 0 Å². The minimum atomic E-state index is -2.73. The van der Waals surface area contributed by atoms with Crippen LogP contribution < -0.4 is 10.6 Å². The second kappa shape index (κ2) is 6.99. The van der Waals surface area contributed by atoms with Crippen LogP contribution in [0.5, 0.6) is 0 Å². The first-order valence-corrected chi connectivity index (χ1v) is 7.30. The standard InChI is InChI=1S/C15H15F3N2O2S/c1-7-5-11(21)13(14(22)19-7)15(23)20-10-4-2-3-9(16)8(10)6-12(17)18/h2-4,7,12,21H,5-6H2,1H3,(H,19,22)(H,20,23). The van der Waals surface area contributed by atoms with Gasteiger partial charge in [0, 0.05) is 30.1 Å². The number of halogens is 3. The molecule has 0 radical (unpaired) electrons. The highest BCUT2D eigenvalue weighted by Crippen LogP contribution is 2.24. The summed E-state index contributed by atoms with van der Waals surface area (Å²) in [7, 11) is 0. The van der Waals surface area contributed by atoms with Gasteiger partial charge in [0.05, 0.1) is 0 Å². The van der Waals surface area contributed by atoms with Crippen LogP contribution in [-0.4, -0.2) is 28.5 Å². The summed E-state index contributed by atoms with van der Waals surface area (Å²) in [6, 6.07) is 3.55. The van der Waals surface area contributed by atoms with Crippen molar-refractivity contribution in [3.05, 3.63) is 40.9 Å². The average Bonchev–Trinajstić information content (AvgIpc) is 2.41. The Kier molecular flexibility index (Phi) is 5.25. The van der Waals surface area contributed by atoms with E-state index in [2.05, 4.69) is 10.6 Å². The topological polar surface area (TPSA) is 61.4 Å². The van der Waals surface area contributed by atoms with Gasteiger partial charge in [-0.05, 0) is 19.1 Å². The summed E-state index contributed by atoms with van der Waals surface area (Å²) in [5.41, 5.74) is -0.318. The number of rotatable bonds is 4. The Hall–Kier alpha value is -2.09. The number of aliphatic hydroxyl groups excluding tert-OH is 1. The summed E-state index contributed by atoms with van der Waals surface area (Å²) >= 11 is 5.07. The van der Waals surface area contributed by atoms with Crippen LogP contribution in [0.1, 0.15) is 18.9 Å². The predicted molar refractivity (Wildman–Crippen MR) is 84.2 cm³/mol. The van der Waals surface area contributed by atoms with E-state index in [1.165, 1.54) is 12.1 Å². The van der Waals surface area contributed by atoms with Gasteiger partial charge in [0.25, 0.3) is 5.91 Å². The molecule has 8 heteroatoms. The molecule has 0 aromatic heterocycles. The van der Waals surface area contributed by atoms with E-state index in [0.717, 1.165) is 6.07 Å². The van der Waals surface area contributed by atoms with E-state index in [1.54, 1.807) is 6.92 Å². The third-order valence-corrected chi connectivity index (χ3v) is 3.65. The number of alkyl halides is 2. The number of aliphatic hydroxyl groups is 1. The second-order valence-corrected chi connectivity index (χ2v) is 5.62. The molecule has 0 bridgehead atoms. The molecular weight excluding hydrogens is 329 g/mol. The van der Waals surface area contributed by atoms with Crippen LogP contribution >= 0.6 is 12.2 Å². The predicted octanol–water partition coefficient (Wildman–Crippen LogP) is 3.09. The van der Waals surface area contributed by atoms with Gasteiger partial charge in [0.15, 0.2) is 0 Å². The zero-order valence-corrected chi connectivity index (χ0v) is 13.0. The van der Waals surface area contributed by atoms with Crippen LogP contribution in [-0.2, 0) is 11.2 Å². The van der Waals surface area contributed by atoms with Crippen molar-refractivity contribution in [3.8, 4) is 0 Å². The molecule has 0 saturated carbocycles. The number of carbonyl (C=O) groups excluding carboxylic acids is 1. The van der Waals surface area contributed by atoms with Crippen molar-refractivity contribution in [2.45, 2.75) is 32.2 Å². The van der Waals surface area contributed by atoms with Gasteiger partial charge in [0.1, 0.15) is 22.1 Å². The minimum absolute atomic E-state index is 0.0435. The Morgan fingerprint density at radius 1 is 1.52 bits per heavy atom. The molecule has 1 unspecified atom stereocenters. The fraction of sp³-hybridized carbons (Fsp3) is 0.333. The Labute approximate surface area is 136 Å². The van der Waals surface area contributed by atoms with E-state index < -0.39 is 24.6 Å². The maximum atomic E-state index is 13.8. The van der Waals surface area contributed by atoms with E-state index >= 15 is 0 Å². The molecule has 23 heavy (non-hydrogen) atoms. The molecule has 0 aliphatic carbocycles. The molecule has 1 heterocycles. The van der Waals surface area contributed by atoms with Crippen molar-refractivity contribution in [2.75, 3.05) is 5.32 Å². The van der Waals surface area contributed by atoms with Gasteiger partial charge in [-0.3, -0.25) is 4.79 Å². The highest BCUT2D eigenvalue weighted by Gasteiger charge is 2.28. The zero-order chi connectivity index (χ0) is 17.1. The fourth-order valence-corrected chi connectivity index (χ4v) is 2.65. The molecule has 3 N–H and O–H groups in total. The highest BCUT2D eigenvalue weighted by molar-refractivity contribution is 7.81. The number of amides is 1. The molecule has 1 aromatic rings. The summed E-state index contributed by atoms with van der Waals surface area (Å²) < 4.78 is 38.9. The molecule has 1 aromatic carbocycles. The molecule has 1 aliphatic heterocycles. The van der Waals surface area contributed by atoms with Crippen molar-refractivity contribution in [3.63, 3.8) is 0 Å². The van der Waals surface area contributed by atoms with Gasteiger partial charge in [0.2, 0.25) is 6.43 Å². The second-order valence-electron chi connectivity index (χ2n) is 5.22. The Morgan fingerprint density at radius 2 is 2.22 bits per heavy atom. The molecule has 1 amide bonds. The quantitative estimate of drug-likeness (QED) is 0.735. The molecule has 0 fully saturated rings. The lowest BCUT2D eigenvalue weighted by Crippen LogP contribution is -2.41. The van der Waals surface area contributed by atoms with Crippen LogP contribution in [0.25, 0.3) is 0 Å². The van der Waals surface area contributed by atoms with Crippen molar-refractivity contribution >= 4 is 28.8 Å². The normalized spacial score (nSPS) is 18.1. The van der Waals surface area contributed by atoms with Crippen molar-refractivity contribution in [1.82, 2.24) is 5.32 Å². The van der Waals surface area contributed by atoms with Crippen molar-refractivity contribution in [2.24, 2.45) is 0 Å². The van der Waals surface area contributed by atoms with Crippen LogP contribution in [0.2, 0.25) is 0 Å². The third-order valence-electron chi connectivity index (χ3n) is 3.35. The summed E-state index contributed by atoms with van der Waals surface area (Å²) in [6.07, 6.45) is -3.31. The van der Waals surface area contributed by atoms with Gasteiger partial charge < -0.3 is 15.7 Å². The van der Waals surface area contributed by atoms with Crippen molar-refractivity contribution < 1.29 is 23.1 Å². The number of anilines is 1. The van der Waals surface area contributed by atoms with Gasteiger partial charge in [-0.1, -0.05) is 18.3 Å². The van der Waals surface area contributed by atoms with Crippen LogP contribution in [0.15, 0.2) is 29.5 Å². The Morgan fingerprint density at radius 3 is 2.83 bits per heavy atom. The average molecular weight is 344 g/mol. The van der Waals surface area contributed by atoms with Gasteiger partial charge in [-0.25, -0.2) is 13.2 Å². The lowest BCUT2D eigenvalue weighted by molar-refractivity contribution is -0.118. The molecular formula is C15H15F3N2O2S. The summed E-state index contributed by atoms with van der Waals surface area (Å²) in [5, 5.41) is 15.1. The number of benzene rings is 1. The summed E-state index contributed by atoms with van der Waals surface area (Å²) in [4.78, 5) is 11.8. The Balaban J connectivity index is 2.29. The molecule has 1 atom stereocenters. The molecule has 0 spiro atoms. The lowest BCUT2D eigenvalue weighted by atomic mass is 10.0. The minimum Gasteiger partial charge on any atom is -0.511 e. The van der Waals surface area contributed by atoms with E-state index in [0.29, 0.717) is 0 Å². The SMILES string of the molecule is CC1CC(O)=C(C(=S)Nc2cccc(F)c2CC(F)F)C(=O)N1. The zero-order valence-electron chi connectivity index (χ0n) is 12.2. The molecule has 2 rings (SSSR count). The van der Waals surface area contributed by atoms with E-state index in [4.69, 9.17) is 12.2 Å². The smallest absolute Gasteiger partial charge is 0.257 e. The first-order chi connectivity index (χ1) is 10.8. The molecule has 124 valence electrons. The lowest BCUT2D eigenvalue weighted by Gasteiger charge is -2.23. The molecule has 0 saturated heterocycles. The van der Waals surface area contributed by atoms with Gasteiger partial charge in [-0.15, -0.1) is 0 Å². The van der Waals surface area contributed by atoms with E-state index in [1.807, 2.05) is 0 Å². The van der Waals surface area contributed by atoms with Crippen LogP contribution in [0.3, 0.4) is 0 Å².